The van der Waals surface area contributed by atoms with Crippen molar-refractivity contribution in [1.82, 2.24) is 4.98 Å². The Labute approximate surface area is 158 Å². The molecule has 4 nitrogen and oxygen atoms in total. The van der Waals surface area contributed by atoms with E-state index in [0.717, 1.165) is 39.7 Å². The van der Waals surface area contributed by atoms with E-state index in [1.807, 2.05) is 23.6 Å². The predicted octanol–water partition coefficient (Wildman–Crippen LogP) is 4.91. The number of fused-ring (bicyclic) bond motifs is 1. The van der Waals surface area contributed by atoms with Crippen molar-refractivity contribution in [3.05, 3.63) is 40.6 Å². The molecule has 0 aliphatic carbocycles. The van der Waals surface area contributed by atoms with Crippen molar-refractivity contribution in [2.45, 2.75) is 23.8 Å². The average Bonchev–Trinajstić information content (AvgIpc) is 3.39. The number of anilines is 1. The zero-order valence-corrected chi connectivity index (χ0v) is 16.3. The lowest BCUT2D eigenvalue weighted by atomic mass is 10.2. The highest BCUT2D eigenvalue weighted by atomic mass is 32.2. The van der Waals surface area contributed by atoms with Crippen LogP contribution in [0, 0.1) is 0 Å². The van der Waals surface area contributed by atoms with Crippen LogP contribution in [0.3, 0.4) is 0 Å². The van der Waals surface area contributed by atoms with Crippen LogP contribution in [0.4, 0.5) is 5.13 Å². The molecule has 1 amide bonds. The van der Waals surface area contributed by atoms with Gasteiger partial charge in [0, 0.05) is 11.5 Å². The largest absolute Gasteiger partial charge is 0.376 e. The summed E-state index contributed by atoms with van der Waals surface area (Å²) >= 11 is 4.75. The molecule has 1 aliphatic heterocycles. The van der Waals surface area contributed by atoms with E-state index in [0.29, 0.717) is 6.54 Å². The second-order valence-electron chi connectivity index (χ2n) is 5.86. The van der Waals surface area contributed by atoms with Crippen LogP contribution in [-0.2, 0) is 4.74 Å². The third-order valence-corrected chi connectivity index (χ3v) is 6.83. The number of aromatic nitrogens is 1. The van der Waals surface area contributed by atoms with Crippen LogP contribution in [0.1, 0.15) is 22.5 Å². The number of ether oxygens (including phenoxy) is 1. The van der Waals surface area contributed by atoms with E-state index >= 15 is 0 Å². The minimum absolute atomic E-state index is 0.00893. The molecule has 0 saturated carbocycles. The Morgan fingerprint density at radius 1 is 1.44 bits per heavy atom. The highest BCUT2D eigenvalue weighted by molar-refractivity contribution is 7.98. The predicted molar refractivity (Wildman–Crippen MR) is 106 cm³/mol. The molecule has 2 aromatic heterocycles. The van der Waals surface area contributed by atoms with Crippen LogP contribution in [-0.4, -0.2) is 36.4 Å². The van der Waals surface area contributed by atoms with E-state index in [4.69, 9.17) is 9.72 Å². The molecule has 130 valence electrons. The van der Waals surface area contributed by atoms with E-state index < -0.39 is 0 Å². The summed E-state index contributed by atoms with van der Waals surface area (Å²) in [6.07, 6.45) is 4.21. The molecule has 3 heterocycles. The summed E-state index contributed by atoms with van der Waals surface area (Å²) in [4.78, 5) is 21.5. The van der Waals surface area contributed by atoms with Gasteiger partial charge in [-0.05, 0) is 48.7 Å². The Morgan fingerprint density at radius 2 is 2.36 bits per heavy atom. The van der Waals surface area contributed by atoms with Gasteiger partial charge in [0.05, 0.1) is 27.7 Å². The number of thiazole rings is 1. The monoisotopic (exact) mass is 390 g/mol. The van der Waals surface area contributed by atoms with Gasteiger partial charge in [-0.1, -0.05) is 17.4 Å². The van der Waals surface area contributed by atoms with Gasteiger partial charge in [0.1, 0.15) is 0 Å². The molecule has 0 bridgehead atoms. The molecule has 3 aromatic rings. The average molecular weight is 391 g/mol. The Balaban J connectivity index is 1.69. The second-order valence-corrected chi connectivity index (χ2v) is 8.69. The van der Waals surface area contributed by atoms with Crippen molar-refractivity contribution < 1.29 is 9.53 Å². The maximum absolute atomic E-state index is 13.0. The van der Waals surface area contributed by atoms with Gasteiger partial charge in [0.15, 0.2) is 5.13 Å². The highest BCUT2D eigenvalue weighted by Gasteiger charge is 2.27. The van der Waals surface area contributed by atoms with Crippen molar-refractivity contribution in [2.75, 3.05) is 24.3 Å². The molecule has 1 atom stereocenters. The van der Waals surface area contributed by atoms with Crippen LogP contribution >= 0.6 is 34.4 Å². The van der Waals surface area contributed by atoms with Gasteiger partial charge in [-0.2, -0.15) is 0 Å². The van der Waals surface area contributed by atoms with Crippen molar-refractivity contribution in [1.29, 1.82) is 0 Å². The lowest BCUT2D eigenvalue weighted by Gasteiger charge is -2.22. The molecule has 0 N–H and O–H groups in total. The first-order valence-corrected chi connectivity index (χ1v) is 11.1. The number of nitrogens with zero attached hydrogens (tertiary/aromatic N) is 2. The standard InChI is InChI=1S/C18H18N2O2S3/c1-23-13-6-7-14-16(10-13)25-18(19-14)20(11-12-4-2-8-22-12)17(21)15-5-3-9-24-15/h3,5-7,9-10,12H,2,4,8,11H2,1H3/t12-/m0/s1. The third kappa shape index (κ3) is 3.60. The normalized spacial score (nSPS) is 17.2. The summed E-state index contributed by atoms with van der Waals surface area (Å²) in [6, 6.07) is 10.0. The van der Waals surface area contributed by atoms with Gasteiger partial charge >= 0.3 is 0 Å². The first kappa shape index (κ1) is 17.0. The Hall–Kier alpha value is -1.41. The lowest BCUT2D eigenvalue weighted by molar-refractivity contribution is 0.0920. The number of rotatable bonds is 5. The van der Waals surface area contributed by atoms with Crippen molar-refractivity contribution in [3.63, 3.8) is 0 Å². The summed E-state index contributed by atoms with van der Waals surface area (Å²) in [7, 11) is 0. The fraction of sp³-hybridized carbons (Fsp3) is 0.333. The van der Waals surface area contributed by atoms with Gasteiger partial charge in [0.25, 0.3) is 5.91 Å². The van der Waals surface area contributed by atoms with Crippen LogP contribution in [0.25, 0.3) is 10.2 Å². The van der Waals surface area contributed by atoms with Crippen molar-refractivity contribution in [2.24, 2.45) is 0 Å². The molecule has 4 rings (SSSR count). The second kappa shape index (κ2) is 7.45. The summed E-state index contributed by atoms with van der Waals surface area (Å²) in [6.45, 7) is 1.34. The van der Waals surface area contributed by atoms with E-state index in [1.165, 1.54) is 16.2 Å². The summed E-state index contributed by atoms with van der Waals surface area (Å²) < 4.78 is 6.88. The zero-order valence-electron chi connectivity index (χ0n) is 13.8. The van der Waals surface area contributed by atoms with Crippen LogP contribution < -0.4 is 4.90 Å². The minimum atomic E-state index is 0.00893. The molecular weight excluding hydrogens is 372 g/mol. The fourth-order valence-corrected chi connectivity index (χ4v) is 5.11. The van der Waals surface area contributed by atoms with Gasteiger partial charge in [-0.25, -0.2) is 4.98 Å². The van der Waals surface area contributed by atoms with Crippen molar-refractivity contribution in [3.8, 4) is 0 Å². The molecule has 1 saturated heterocycles. The molecule has 0 spiro atoms. The Kier molecular flexibility index (Phi) is 5.08. The van der Waals surface area contributed by atoms with Gasteiger partial charge in [0.2, 0.25) is 0 Å². The number of thiophene rings is 1. The Bertz CT molecular complexity index is 870. The summed E-state index contributed by atoms with van der Waals surface area (Å²) in [5.74, 6) is 0.00893. The summed E-state index contributed by atoms with van der Waals surface area (Å²) in [5.41, 5.74) is 0.939. The van der Waals surface area contributed by atoms with E-state index in [1.54, 1.807) is 28.0 Å². The van der Waals surface area contributed by atoms with E-state index in [-0.39, 0.29) is 12.0 Å². The number of thioether (sulfide) groups is 1. The van der Waals surface area contributed by atoms with Gasteiger partial charge in [-0.15, -0.1) is 23.1 Å². The number of carbonyl (C=O) groups is 1. The zero-order chi connectivity index (χ0) is 17.2. The van der Waals surface area contributed by atoms with Crippen LogP contribution in [0.15, 0.2) is 40.6 Å². The maximum Gasteiger partial charge on any atom is 0.270 e. The number of hydrogen-bond acceptors (Lipinski definition) is 6. The molecule has 0 unspecified atom stereocenters. The maximum atomic E-state index is 13.0. The molecule has 25 heavy (non-hydrogen) atoms. The van der Waals surface area contributed by atoms with Crippen LogP contribution in [0.2, 0.25) is 0 Å². The van der Waals surface area contributed by atoms with E-state index in [9.17, 15) is 4.79 Å². The Morgan fingerprint density at radius 3 is 3.08 bits per heavy atom. The topological polar surface area (TPSA) is 42.4 Å². The van der Waals surface area contributed by atoms with Crippen LogP contribution in [0.5, 0.6) is 0 Å². The first-order chi connectivity index (χ1) is 12.2. The first-order valence-electron chi connectivity index (χ1n) is 8.16. The number of carbonyl (C=O) groups excluding carboxylic acids is 1. The number of benzene rings is 1. The molecule has 1 aliphatic rings. The quantitative estimate of drug-likeness (QED) is 0.581. The van der Waals surface area contributed by atoms with E-state index in [2.05, 4.69) is 18.4 Å². The number of amides is 1. The lowest BCUT2D eigenvalue weighted by Crippen LogP contribution is -2.37. The molecule has 1 aromatic carbocycles. The molecular formula is C18H18N2O2S3. The van der Waals surface area contributed by atoms with Crippen molar-refractivity contribution >= 4 is 55.7 Å². The fourth-order valence-electron chi connectivity index (χ4n) is 2.91. The SMILES string of the molecule is CSc1ccc2nc(N(C[C@@H]3CCCO3)C(=O)c3cccs3)sc2c1. The number of hydrogen-bond donors (Lipinski definition) is 0. The van der Waals surface area contributed by atoms with Gasteiger partial charge < -0.3 is 4.74 Å². The molecule has 1 fully saturated rings. The minimum Gasteiger partial charge on any atom is -0.376 e. The molecule has 0 radical (unpaired) electrons. The summed E-state index contributed by atoms with van der Waals surface area (Å²) in [5, 5.41) is 2.68. The highest BCUT2D eigenvalue weighted by Crippen LogP contribution is 2.33. The third-order valence-electron chi connectivity index (χ3n) is 4.20. The molecule has 7 heteroatoms. The van der Waals surface area contributed by atoms with Gasteiger partial charge in [-0.3, -0.25) is 9.69 Å². The smallest absolute Gasteiger partial charge is 0.270 e.